The first-order valence-electron chi connectivity index (χ1n) is 9.41. The zero-order chi connectivity index (χ0) is 24.8. The molecule has 0 aliphatic rings. The quantitative estimate of drug-likeness (QED) is 0.564. The number of alkyl halides is 3. The Bertz CT molecular complexity index is 872. The van der Waals surface area contributed by atoms with Crippen LogP contribution in [0.5, 0.6) is 0 Å². The van der Waals surface area contributed by atoms with Crippen LogP contribution in [0.2, 0.25) is 0 Å². The normalized spacial score (nSPS) is 11.8. The summed E-state index contributed by atoms with van der Waals surface area (Å²) in [5.74, 6) is -0.594. The minimum atomic E-state index is -4.00. The molecule has 1 heterocycles. The number of amides is 2. The smallest absolute Gasteiger partial charge is 0.380 e. The van der Waals surface area contributed by atoms with E-state index in [1.165, 1.54) is 27.1 Å². The number of hydrogen-bond acceptors (Lipinski definition) is 4. The minimum Gasteiger partial charge on any atom is -0.380 e. The number of rotatable bonds is 6. The number of carbonyl (C=O) groups excluding carboxylic acids is 2. The molecule has 0 aliphatic carbocycles. The number of aromatic nitrogens is 1. The van der Waals surface area contributed by atoms with Gasteiger partial charge in [-0.05, 0) is 49.6 Å². The number of nitrogens with zero attached hydrogens (tertiary/aromatic N) is 2. The van der Waals surface area contributed by atoms with E-state index in [9.17, 15) is 27.9 Å². The van der Waals surface area contributed by atoms with Crippen molar-refractivity contribution in [3.63, 3.8) is 0 Å². The van der Waals surface area contributed by atoms with Gasteiger partial charge in [-0.3, -0.25) is 14.6 Å². The maximum atomic E-state index is 12.2. The predicted octanol–water partition coefficient (Wildman–Crippen LogP) is 4.47. The Morgan fingerprint density at radius 1 is 1.09 bits per heavy atom. The van der Waals surface area contributed by atoms with Crippen molar-refractivity contribution >= 4 is 23.2 Å². The molecule has 0 bridgehead atoms. The molecule has 7 nitrogen and oxygen atoms in total. The number of hydrogen-bond donors (Lipinski definition) is 3. The van der Waals surface area contributed by atoms with Crippen LogP contribution in [0.25, 0.3) is 4.85 Å². The monoisotopic (exact) mass is 452 g/mol. The molecular formula is C22H27F3N4O3. The predicted molar refractivity (Wildman–Crippen MR) is 117 cm³/mol. The van der Waals surface area contributed by atoms with E-state index in [1.807, 2.05) is 12.1 Å². The third-order valence-electron chi connectivity index (χ3n) is 3.58. The van der Waals surface area contributed by atoms with Crippen molar-refractivity contribution in [1.82, 2.24) is 4.98 Å². The SMILES string of the molecule is CC(=O)Nc1ccc(CC[C@](C)(O)C(=O)Nc2cccnc2)cc1.CC(F)(F)F.[C-]#[N+]C. The minimum absolute atomic E-state index is 0.127. The highest BCUT2D eigenvalue weighted by atomic mass is 19.4. The molecule has 0 fully saturated rings. The molecule has 0 unspecified atom stereocenters. The Kier molecular flexibility index (Phi) is 12.3. The van der Waals surface area contributed by atoms with E-state index in [4.69, 9.17) is 6.57 Å². The van der Waals surface area contributed by atoms with Gasteiger partial charge in [-0.25, -0.2) is 6.57 Å². The second-order valence-electron chi connectivity index (χ2n) is 6.85. The summed E-state index contributed by atoms with van der Waals surface area (Å²) in [7, 11) is 1.42. The fraction of sp³-hybridized carbons (Fsp3) is 0.364. The Labute approximate surface area is 185 Å². The zero-order valence-corrected chi connectivity index (χ0v) is 18.3. The number of benzene rings is 1. The molecule has 10 heteroatoms. The van der Waals surface area contributed by atoms with Gasteiger partial charge in [0.15, 0.2) is 0 Å². The van der Waals surface area contributed by atoms with Crippen LogP contribution in [0.3, 0.4) is 0 Å². The molecule has 0 spiro atoms. The fourth-order valence-corrected chi connectivity index (χ4v) is 2.16. The second-order valence-corrected chi connectivity index (χ2v) is 6.85. The summed E-state index contributed by atoms with van der Waals surface area (Å²) >= 11 is 0. The van der Waals surface area contributed by atoms with Crippen molar-refractivity contribution < 1.29 is 27.9 Å². The van der Waals surface area contributed by atoms with Crippen LogP contribution >= 0.6 is 0 Å². The van der Waals surface area contributed by atoms with E-state index >= 15 is 0 Å². The maximum absolute atomic E-state index is 12.2. The lowest BCUT2D eigenvalue weighted by Crippen LogP contribution is -2.40. The van der Waals surface area contributed by atoms with Gasteiger partial charge >= 0.3 is 6.18 Å². The molecule has 0 saturated heterocycles. The largest absolute Gasteiger partial charge is 0.386 e. The average Bonchev–Trinajstić information content (AvgIpc) is 2.67. The van der Waals surface area contributed by atoms with Crippen molar-refractivity contribution in [1.29, 1.82) is 0 Å². The third-order valence-corrected chi connectivity index (χ3v) is 3.58. The molecule has 0 saturated carbocycles. The number of aryl methyl sites for hydroxylation is 1. The van der Waals surface area contributed by atoms with E-state index in [-0.39, 0.29) is 19.3 Å². The molecule has 2 aromatic rings. The molecule has 2 amide bonds. The molecule has 0 aliphatic heterocycles. The topological polar surface area (TPSA) is 95.7 Å². The van der Waals surface area contributed by atoms with Crippen LogP contribution in [-0.2, 0) is 16.0 Å². The summed E-state index contributed by atoms with van der Waals surface area (Å²) in [6.07, 6.45) is -0.0560. The fourth-order valence-electron chi connectivity index (χ4n) is 2.16. The van der Waals surface area contributed by atoms with Crippen molar-refractivity contribution in [2.24, 2.45) is 0 Å². The lowest BCUT2D eigenvalue weighted by molar-refractivity contribution is -0.132. The van der Waals surface area contributed by atoms with Crippen LogP contribution in [0, 0.1) is 6.57 Å². The molecule has 1 aromatic carbocycles. The molecule has 2 rings (SSSR count). The van der Waals surface area contributed by atoms with E-state index < -0.39 is 17.7 Å². The van der Waals surface area contributed by atoms with E-state index in [1.54, 1.807) is 30.5 Å². The molecule has 3 N–H and O–H groups in total. The van der Waals surface area contributed by atoms with Crippen LogP contribution in [0.1, 0.15) is 32.8 Å². The van der Waals surface area contributed by atoms with E-state index in [2.05, 4.69) is 20.5 Å². The van der Waals surface area contributed by atoms with Gasteiger partial charge in [-0.1, -0.05) is 12.1 Å². The third kappa shape index (κ3) is 14.5. The standard InChI is InChI=1S/C18H21N3O3.C2H3F3.C2H3N/c1-13(22)20-15-7-5-14(6-8-15)9-10-18(2,24)17(23)21-16-4-3-11-19-12-16;1-2(3,4)5;1-3-2/h3-8,11-12,24H,9-10H2,1-2H3,(H,20,22)(H,21,23);1H3;1H3/t18-;;/m0../s1. The number of anilines is 2. The Balaban J connectivity index is 0.00000104. The van der Waals surface area contributed by atoms with Crippen LogP contribution in [-0.4, -0.2) is 40.7 Å². The second kappa shape index (κ2) is 13.8. The molecule has 32 heavy (non-hydrogen) atoms. The number of halogens is 3. The van der Waals surface area contributed by atoms with Gasteiger partial charge in [0.25, 0.3) is 5.91 Å². The summed E-state index contributed by atoms with van der Waals surface area (Å²) < 4.78 is 31.1. The first-order valence-corrected chi connectivity index (χ1v) is 9.41. The zero-order valence-electron chi connectivity index (χ0n) is 18.3. The van der Waals surface area contributed by atoms with Gasteiger partial charge < -0.3 is 20.6 Å². The van der Waals surface area contributed by atoms with Crippen molar-refractivity contribution in [2.45, 2.75) is 45.4 Å². The van der Waals surface area contributed by atoms with Crippen LogP contribution in [0.4, 0.5) is 24.5 Å². The van der Waals surface area contributed by atoms with Gasteiger partial charge in [-0.2, -0.15) is 13.2 Å². The Hall–Kier alpha value is -3.45. The van der Waals surface area contributed by atoms with E-state index in [0.717, 1.165) is 5.56 Å². The highest BCUT2D eigenvalue weighted by Crippen LogP contribution is 2.18. The van der Waals surface area contributed by atoms with Crippen molar-refractivity contribution in [3.05, 3.63) is 65.8 Å². The summed E-state index contributed by atoms with van der Waals surface area (Å²) in [5, 5.41) is 15.7. The molecule has 1 atom stereocenters. The van der Waals surface area contributed by atoms with Gasteiger partial charge in [0.2, 0.25) is 13.0 Å². The van der Waals surface area contributed by atoms with Crippen molar-refractivity contribution in [2.75, 3.05) is 17.7 Å². The highest BCUT2D eigenvalue weighted by Gasteiger charge is 2.29. The molecule has 1 aromatic heterocycles. The average molecular weight is 452 g/mol. The number of aliphatic hydroxyl groups is 1. The highest BCUT2D eigenvalue weighted by molar-refractivity contribution is 5.96. The lowest BCUT2D eigenvalue weighted by atomic mass is 9.95. The van der Waals surface area contributed by atoms with Gasteiger partial charge in [0, 0.05) is 25.7 Å². The number of carbonyl (C=O) groups is 2. The first kappa shape index (κ1) is 28.5. The summed E-state index contributed by atoms with van der Waals surface area (Å²) in [6.45, 7) is 8.96. The van der Waals surface area contributed by atoms with Gasteiger partial charge in [0.05, 0.1) is 11.9 Å². The Morgan fingerprint density at radius 2 is 1.62 bits per heavy atom. The first-order chi connectivity index (χ1) is 14.8. The number of nitrogens with one attached hydrogen (secondary N) is 2. The molecule has 0 radical (unpaired) electrons. The maximum Gasteiger partial charge on any atom is 0.386 e. The number of pyridine rings is 1. The Morgan fingerprint density at radius 3 is 2.06 bits per heavy atom. The van der Waals surface area contributed by atoms with Gasteiger partial charge in [0.1, 0.15) is 5.60 Å². The summed E-state index contributed by atoms with van der Waals surface area (Å²) in [4.78, 5) is 29.8. The van der Waals surface area contributed by atoms with Gasteiger partial charge in [-0.15, -0.1) is 0 Å². The molecule has 174 valence electrons. The molecular weight excluding hydrogens is 425 g/mol. The van der Waals surface area contributed by atoms with E-state index in [0.29, 0.717) is 17.8 Å². The van der Waals surface area contributed by atoms with Crippen molar-refractivity contribution in [3.8, 4) is 0 Å². The summed E-state index contributed by atoms with van der Waals surface area (Å²) in [5.41, 5.74) is 0.736. The summed E-state index contributed by atoms with van der Waals surface area (Å²) in [6, 6.07) is 10.7. The lowest BCUT2D eigenvalue weighted by Gasteiger charge is -2.22. The van der Waals surface area contributed by atoms with Crippen LogP contribution in [0.15, 0.2) is 48.8 Å². The van der Waals surface area contributed by atoms with Crippen LogP contribution < -0.4 is 10.6 Å².